The number of aromatic nitrogens is 6. The molecule has 0 aliphatic heterocycles. The number of hydrogen-bond donors (Lipinski definition) is 1. The van der Waals surface area contributed by atoms with Gasteiger partial charge >= 0.3 is 0 Å². The molecular formula is C20H16N6O2S2. The Morgan fingerprint density at radius 1 is 1.23 bits per heavy atom. The normalized spacial score (nSPS) is 12.5. The van der Waals surface area contributed by atoms with Crippen LogP contribution in [0, 0.1) is 6.92 Å². The minimum Gasteiger partial charge on any atom is -0.464 e. The van der Waals surface area contributed by atoms with Crippen LogP contribution in [0.25, 0.3) is 27.2 Å². The number of nitrogens with one attached hydrogen (secondary N) is 1. The molecular weight excluding hydrogens is 420 g/mol. The van der Waals surface area contributed by atoms with Crippen molar-refractivity contribution in [2.75, 3.05) is 0 Å². The first-order valence-corrected chi connectivity index (χ1v) is 10.9. The van der Waals surface area contributed by atoms with Crippen LogP contribution in [-0.2, 0) is 0 Å². The van der Waals surface area contributed by atoms with Gasteiger partial charge in [0.2, 0.25) is 5.16 Å². The molecule has 0 radical (unpaired) electrons. The summed E-state index contributed by atoms with van der Waals surface area (Å²) in [4.78, 5) is 21.1. The lowest BCUT2D eigenvalue weighted by Gasteiger charge is -2.10. The smallest absolute Gasteiger partial charge is 0.260 e. The molecule has 5 aromatic rings. The summed E-state index contributed by atoms with van der Waals surface area (Å²) in [5.74, 6) is 1.23. The number of benzene rings is 1. The summed E-state index contributed by atoms with van der Waals surface area (Å²) < 4.78 is 7.13. The largest absolute Gasteiger partial charge is 0.464 e. The Morgan fingerprint density at radius 3 is 2.83 bits per heavy atom. The number of nitrogens with zero attached hydrogens (tertiary/aromatic N) is 5. The summed E-state index contributed by atoms with van der Waals surface area (Å²) in [6.07, 6.45) is 1.59. The molecule has 150 valence electrons. The van der Waals surface area contributed by atoms with Gasteiger partial charge in [0.25, 0.3) is 5.56 Å². The summed E-state index contributed by atoms with van der Waals surface area (Å²) in [5.41, 5.74) is 2.60. The molecule has 0 saturated heterocycles. The molecule has 1 unspecified atom stereocenters. The van der Waals surface area contributed by atoms with E-state index in [4.69, 9.17) is 4.42 Å². The molecule has 0 bridgehead atoms. The monoisotopic (exact) mass is 436 g/mol. The molecule has 0 aliphatic carbocycles. The lowest BCUT2D eigenvalue weighted by molar-refractivity contribution is 0.583. The van der Waals surface area contributed by atoms with Gasteiger partial charge in [0.15, 0.2) is 0 Å². The van der Waals surface area contributed by atoms with Crippen LogP contribution >= 0.6 is 23.1 Å². The lowest BCUT2D eigenvalue weighted by atomic mass is 10.2. The van der Waals surface area contributed by atoms with Crippen molar-refractivity contribution >= 4 is 33.3 Å². The summed E-state index contributed by atoms with van der Waals surface area (Å²) in [7, 11) is 0. The zero-order valence-corrected chi connectivity index (χ0v) is 17.7. The predicted molar refractivity (Wildman–Crippen MR) is 116 cm³/mol. The first-order valence-electron chi connectivity index (χ1n) is 9.17. The predicted octanol–water partition coefficient (Wildman–Crippen LogP) is 4.38. The van der Waals surface area contributed by atoms with Crippen molar-refractivity contribution in [2.24, 2.45) is 0 Å². The Hall–Kier alpha value is -3.24. The molecule has 0 fully saturated rings. The molecule has 0 amide bonds. The van der Waals surface area contributed by atoms with Crippen molar-refractivity contribution < 1.29 is 4.42 Å². The summed E-state index contributed by atoms with van der Waals surface area (Å²) in [5, 5.41) is 14.9. The third-order valence-corrected chi connectivity index (χ3v) is 6.55. The van der Waals surface area contributed by atoms with Crippen LogP contribution in [0.2, 0.25) is 0 Å². The summed E-state index contributed by atoms with van der Waals surface area (Å²) >= 11 is 2.85. The highest BCUT2D eigenvalue weighted by Gasteiger charge is 2.20. The maximum Gasteiger partial charge on any atom is 0.260 e. The van der Waals surface area contributed by atoms with Gasteiger partial charge in [-0.25, -0.2) is 4.98 Å². The van der Waals surface area contributed by atoms with Crippen LogP contribution in [0.4, 0.5) is 0 Å². The highest BCUT2D eigenvalue weighted by atomic mass is 32.2. The topological polar surface area (TPSA) is 102 Å². The van der Waals surface area contributed by atoms with Crippen LogP contribution in [-0.4, -0.2) is 30.2 Å². The molecule has 0 aliphatic rings. The Kier molecular flexibility index (Phi) is 4.72. The van der Waals surface area contributed by atoms with Crippen LogP contribution in [0.3, 0.4) is 0 Å². The quantitative estimate of drug-likeness (QED) is 0.408. The third kappa shape index (κ3) is 3.33. The van der Waals surface area contributed by atoms with Crippen molar-refractivity contribution in [1.82, 2.24) is 30.2 Å². The van der Waals surface area contributed by atoms with Gasteiger partial charge in [-0.3, -0.25) is 4.79 Å². The van der Waals surface area contributed by atoms with Crippen molar-refractivity contribution in [3.8, 4) is 17.0 Å². The highest BCUT2D eigenvalue weighted by Crippen LogP contribution is 2.35. The van der Waals surface area contributed by atoms with Gasteiger partial charge in [-0.2, -0.15) is 4.68 Å². The molecule has 8 nitrogen and oxygen atoms in total. The van der Waals surface area contributed by atoms with Gasteiger partial charge in [-0.1, -0.05) is 29.5 Å². The Labute approximate surface area is 179 Å². The molecule has 0 saturated carbocycles. The first-order chi connectivity index (χ1) is 14.6. The molecule has 1 aromatic carbocycles. The second kappa shape index (κ2) is 7.54. The maximum atomic E-state index is 12.8. The first kappa shape index (κ1) is 18.8. The van der Waals surface area contributed by atoms with Gasteiger partial charge in [-0.15, -0.1) is 16.4 Å². The van der Waals surface area contributed by atoms with E-state index >= 15 is 0 Å². The fourth-order valence-electron chi connectivity index (χ4n) is 3.09. The van der Waals surface area contributed by atoms with Crippen LogP contribution in [0.15, 0.2) is 62.4 Å². The van der Waals surface area contributed by atoms with E-state index in [0.717, 1.165) is 16.8 Å². The minimum atomic E-state index is -0.187. The lowest BCUT2D eigenvalue weighted by Crippen LogP contribution is -2.12. The molecule has 4 heterocycles. The number of rotatable bonds is 5. The van der Waals surface area contributed by atoms with Crippen molar-refractivity contribution in [1.29, 1.82) is 0 Å². The van der Waals surface area contributed by atoms with Gasteiger partial charge < -0.3 is 9.40 Å². The fourth-order valence-corrected chi connectivity index (χ4v) is 4.89. The number of hydrogen-bond acceptors (Lipinski definition) is 8. The molecule has 5 rings (SSSR count). The van der Waals surface area contributed by atoms with E-state index in [-0.39, 0.29) is 10.8 Å². The average molecular weight is 437 g/mol. The number of H-pyrrole nitrogens is 1. The second-order valence-corrected chi connectivity index (χ2v) is 8.89. The molecule has 30 heavy (non-hydrogen) atoms. The number of thioether (sulfide) groups is 1. The van der Waals surface area contributed by atoms with Crippen molar-refractivity contribution in [3.63, 3.8) is 0 Å². The van der Waals surface area contributed by atoms with E-state index in [1.807, 2.05) is 49.6 Å². The van der Waals surface area contributed by atoms with Crippen molar-refractivity contribution in [3.05, 3.63) is 69.8 Å². The maximum absolute atomic E-state index is 12.8. The molecule has 1 atom stereocenters. The number of fused-ring (bicyclic) bond motifs is 1. The number of aryl methyl sites for hydroxylation is 1. The second-order valence-electron chi connectivity index (χ2n) is 6.73. The third-order valence-electron chi connectivity index (χ3n) is 4.64. The van der Waals surface area contributed by atoms with Crippen LogP contribution < -0.4 is 5.56 Å². The highest BCUT2D eigenvalue weighted by molar-refractivity contribution is 7.99. The molecule has 4 aromatic heterocycles. The molecule has 10 heteroatoms. The van der Waals surface area contributed by atoms with E-state index < -0.39 is 0 Å². The standard InChI is InChI=1S/C20H16N6O2S2/c1-11-5-7-13(8-6-11)26-20(23-24-25-26)30-12(2)17-21-18(27)16-14(10-29-19(16)22-17)15-4-3-9-28-15/h3-10,12H,1-2H3,(H,21,22,27). The van der Waals surface area contributed by atoms with E-state index in [9.17, 15) is 4.79 Å². The van der Waals surface area contributed by atoms with Crippen LogP contribution in [0.5, 0.6) is 0 Å². The van der Waals surface area contributed by atoms with E-state index in [1.165, 1.54) is 23.1 Å². The molecule has 0 spiro atoms. The summed E-state index contributed by atoms with van der Waals surface area (Å²) in [6.45, 7) is 3.99. The fraction of sp³-hybridized carbons (Fsp3) is 0.150. The Morgan fingerprint density at radius 2 is 2.07 bits per heavy atom. The number of thiophene rings is 1. The van der Waals surface area contributed by atoms with E-state index in [1.54, 1.807) is 17.0 Å². The minimum absolute atomic E-state index is 0.161. The summed E-state index contributed by atoms with van der Waals surface area (Å²) in [6, 6.07) is 11.6. The zero-order chi connectivity index (χ0) is 20.7. The Bertz CT molecular complexity index is 1370. The zero-order valence-electron chi connectivity index (χ0n) is 16.1. The van der Waals surface area contributed by atoms with Gasteiger partial charge in [0.05, 0.1) is 22.6 Å². The van der Waals surface area contributed by atoms with Crippen LogP contribution in [0.1, 0.15) is 23.6 Å². The number of furan rings is 1. The van der Waals surface area contributed by atoms with E-state index in [2.05, 4.69) is 25.5 Å². The Balaban J connectivity index is 1.46. The number of aromatic amines is 1. The number of tetrazole rings is 1. The average Bonchev–Trinajstić information content (AvgIpc) is 3.49. The molecule has 1 N–H and O–H groups in total. The van der Waals surface area contributed by atoms with Crippen molar-refractivity contribution in [2.45, 2.75) is 24.3 Å². The van der Waals surface area contributed by atoms with E-state index in [0.29, 0.717) is 27.0 Å². The van der Waals surface area contributed by atoms with Gasteiger partial charge in [-0.05, 0) is 48.5 Å². The van der Waals surface area contributed by atoms with Gasteiger partial charge in [0.1, 0.15) is 16.4 Å². The van der Waals surface area contributed by atoms with Gasteiger partial charge in [0, 0.05) is 10.9 Å². The SMILES string of the molecule is Cc1ccc(-n2nnnc2SC(C)c2nc3scc(-c4ccco4)c3c(=O)[nH]2)cc1.